The molecule has 1 unspecified atom stereocenters. The molecule has 0 radical (unpaired) electrons. The third-order valence-electron chi connectivity index (χ3n) is 3.14. The Kier molecular flexibility index (Phi) is 5.45. The highest BCUT2D eigenvalue weighted by molar-refractivity contribution is 7.15. The number of carbonyl (C=O) groups excluding carboxylic acids is 1. The van der Waals surface area contributed by atoms with Gasteiger partial charge in [0.15, 0.2) is 0 Å². The fourth-order valence-electron chi connectivity index (χ4n) is 2.27. The van der Waals surface area contributed by atoms with Gasteiger partial charge in [-0.25, -0.2) is 0 Å². The van der Waals surface area contributed by atoms with E-state index in [-0.39, 0.29) is 12.0 Å². The van der Waals surface area contributed by atoms with Crippen molar-refractivity contribution in [1.82, 2.24) is 15.1 Å². The minimum Gasteiger partial charge on any atom is -0.392 e. The van der Waals surface area contributed by atoms with Gasteiger partial charge >= 0.3 is 0 Å². The molecular weight excluding hydrogens is 276 g/mol. The summed E-state index contributed by atoms with van der Waals surface area (Å²) in [6, 6.07) is 0. The maximum atomic E-state index is 11.9. The maximum Gasteiger partial charge on any atom is 0.240 e. The molecule has 1 atom stereocenters. The number of aliphatic hydroxyl groups is 1. The number of nitrogens with zero attached hydrogens (tertiary/aromatic N) is 3. The van der Waals surface area contributed by atoms with Gasteiger partial charge in [0, 0.05) is 13.0 Å². The Morgan fingerprint density at radius 2 is 2.35 bits per heavy atom. The number of hydrogen-bond acceptors (Lipinski definition) is 6. The summed E-state index contributed by atoms with van der Waals surface area (Å²) >= 11 is 1.43. The summed E-state index contributed by atoms with van der Waals surface area (Å²) in [4.78, 5) is 13.9. The van der Waals surface area contributed by atoms with Gasteiger partial charge in [-0.15, -0.1) is 10.2 Å². The Labute approximate surface area is 123 Å². The van der Waals surface area contributed by atoms with E-state index in [0.717, 1.165) is 30.8 Å². The Morgan fingerprint density at radius 1 is 1.55 bits per heavy atom. The van der Waals surface area contributed by atoms with Crippen LogP contribution in [-0.4, -0.2) is 51.8 Å². The summed E-state index contributed by atoms with van der Waals surface area (Å²) in [5, 5.41) is 21.9. The molecular formula is C13H22N4O2S. The van der Waals surface area contributed by atoms with Crippen molar-refractivity contribution in [1.29, 1.82) is 0 Å². The second kappa shape index (κ2) is 7.10. The van der Waals surface area contributed by atoms with Crippen LogP contribution in [0.3, 0.4) is 0 Å². The first-order valence-electron chi connectivity index (χ1n) is 7.05. The molecule has 1 aliphatic rings. The van der Waals surface area contributed by atoms with Gasteiger partial charge in [0.25, 0.3) is 0 Å². The lowest BCUT2D eigenvalue weighted by Crippen LogP contribution is -2.42. The highest BCUT2D eigenvalue weighted by atomic mass is 32.1. The van der Waals surface area contributed by atoms with Gasteiger partial charge in [0.2, 0.25) is 11.0 Å². The third-order valence-corrected chi connectivity index (χ3v) is 4.00. The maximum absolute atomic E-state index is 11.9. The first-order chi connectivity index (χ1) is 9.52. The fourth-order valence-corrected chi connectivity index (χ4v) is 3.24. The lowest BCUT2D eigenvalue weighted by atomic mass is 10.1. The van der Waals surface area contributed by atoms with Crippen molar-refractivity contribution in [2.45, 2.75) is 39.2 Å². The van der Waals surface area contributed by atoms with E-state index in [9.17, 15) is 9.90 Å². The number of aliphatic hydroxyl groups excluding tert-OH is 1. The topological polar surface area (TPSA) is 78.4 Å². The lowest BCUT2D eigenvalue weighted by Gasteiger charge is -2.29. The summed E-state index contributed by atoms with van der Waals surface area (Å²) in [7, 11) is 0. The Balaban J connectivity index is 1.80. The molecule has 0 bridgehead atoms. The van der Waals surface area contributed by atoms with Gasteiger partial charge in [-0.05, 0) is 25.3 Å². The number of hydrogen-bond donors (Lipinski definition) is 2. The summed E-state index contributed by atoms with van der Waals surface area (Å²) in [5.41, 5.74) is 0. The molecule has 0 spiro atoms. The molecule has 1 saturated heterocycles. The van der Waals surface area contributed by atoms with Crippen molar-refractivity contribution < 1.29 is 9.90 Å². The molecule has 0 aromatic carbocycles. The zero-order chi connectivity index (χ0) is 14.5. The third kappa shape index (κ3) is 4.81. The van der Waals surface area contributed by atoms with E-state index < -0.39 is 0 Å². The van der Waals surface area contributed by atoms with Crippen LogP contribution >= 0.6 is 11.3 Å². The molecule has 0 aliphatic carbocycles. The predicted octanol–water partition coefficient (Wildman–Crippen LogP) is 1.13. The lowest BCUT2D eigenvalue weighted by molar-refractivity contribution is -0.118. The van der Waals surface area contributed by atoms with Crippen molar-refractivity contribution in [3.63, 3.8) is 0 Å². The molecule has 1 aliphatic heterocycles. The Bertz CT molecular complexity index is 449. The van der Waals surface area contributed by atoms with Crippen LogP contribution in [-0.2, 0) is 11.2 Å². The highest BCUT2D eigenvalue weighted by Crippen LogP contribution is 2.18. The highest BCUT2D eigenvalue weighted by Gasteiger charge is 2.20. The minimum absolute atomic E-state index is 0.0913. The van der Waals surface area contributed by atoms with Crippen LogP contribution in [0.2, 0.25) is 0 Å². The number of rotatable bonds is 5. The van der Waals surface area contributed by atoms with Crippen molar-refractivity contribution >= 4 is 22.4 Å². The van der Waals surface area contributed by atoms with Crippen LogP contribution in [0.25, 0.3) is 0 Å². The van der Waals surface area contributed by atoms with Gasteiger partial charge in [0.05, 0.1) is 12.6 Å². The normalized spacial score (nSPS) is 20.3. The van der Waals surface area contributed by atoms with Crippen molar-refractivity contribution in [2.75, 3.05) is 25.0 Å². The molecule has 1 amide bonds. The number of amides is 1. The molecule has 2 N–H and O–H groups in total. The van der Waals surface area contributed by atoms with E-state index in [1.54, 1.807) is 0 Å². The van der Waals surface area contributed by atoms with Gasteiger partial charge in [-0.1, -0.05) is 25.2 Å². The van der Waals surface area contributed by atoms with Crippen LogP contribution < -0.4 is 5.32 Å². The molecule has 2 rings (SSSR count). The standard InChI is InChI=1S/C13H22N4O2S/c1-9(2)6-12-15-16-13(20-12)14-11(19)8-17-5-3-4-10(18)7-17/h9-10,18H,3-8H2,1-2H3,(H,14,16,19). The molecule has 6 nitrogen and oxygen atoms in total. The number of likely N-dealkylation sites (tertiary alicyclic amines) is 1. The number of carbonyl (C=O) groups is 1. The number of nitrogens with one attached hydrogen (secondary N) is 1. The summed E-state index contributed by atoms with van der Waals surface area (Å²) in [5.74, 6) is 0.438. The molecule has 1 fully saturated rings. The van der Waals surface area contributed by atoms with Gasteiger partial charge in [-0.2, -0.15) is 0 Å². The van der Waals surface area contributed by atoms with E-state index in [4.69, 9.17) is 0 Å². The average molecular weight is 298 g/mol. The van der Waals surface area contributed by atoms with E-state index in [1.807, 2.05) is 4.90 Å². The van der Waals surface area contributed by atoms with E-state index in [1.165, 1.54) is 11.3 Å². The SMILES string of the molecule is CC(C)Cc1nnc(NC(=O)CN2CCCC(O)C2)s1. The molecule has 112 valence electrons. The van der Waals surface area contributed by atoms with Crippen LogP contribution in [0.1, 0.15) is 31.7 Å². The fraction of sp³-hybridized carbons (Fsp3) is 0.769. The molecule has 2 heterocycles. The molecule has 1 aromatic rings. The van der Waals surface area contributed by atoms with Crippen LogP contribution in [0.5, 0.6) is 0 Å². The number of aromatic nitrogens is 2. The van der Waals surface area contributed by atoms with E-state index in [2.05, 4.69) is 29.4 Å². The van der Waals surface area contributed by atoms with Crippen LogP contribution in [0.15, 0.2) is 0 Å². The number of piperidine rings is 1. The molecule has 0 saturated carbocycles. The summed E-state index contributed by atoms with van der Waals surface area (Å²) in [6.07, 6.45) is 2.33. The van der Waals surface area contributed by atoms with Crippen molar-refractivity contribution in [3.05, 3.63) is 5.01 Å². The van der Waals surface area contributed by atoms with E-state index >= 15 is 0 Å². The van der Waals surface area contributed by atoms with Crippen molar-refractivity contribution in [2.24, 2.45) is 5.92 Å². The molecule has 20 heavy (non-hydrogen) atoms. The van der Waals surface area contributed by atoms with Gasteiger partial charge < -0.3 is 5.11 Å². The van der Waals surface area contributed by atoms with Crippen LogP contribution in [0, 0.1) is 5.92 Å². The quantitative estimate of drug-likeness (QED) is 0.852. The second-order valence-corrected chi connectivity index (χ2v) is 6.74. The first kappa shape index (κ1) is 15.3. The van der Waals surface area contributed by atoms with Crippen LogP contribution in [0.4, 0.5) is 5.13 Å². The predicted molar refractivity (Wildman–Crippen MR) is 78.8 cm³/mol. The zero-order valence-electron chi connectivity index (χ0n) is 12.0. The van der Waals surface area contributed by atoms with Crippen molar-refractivity contribution in [3.8, 4) is 0 Å². The smallest absolute Gasteiger partial charge is 0.240 e. The van der Waals surface area contributed by atoms with Gasteiger partial charge in [0.1, 0.15) is 5.01 Å². The first-order valence-corrected chi connectivity index (χ1v) is 7.87. The molecule has 1 aromatic heterocycles. The molecule has 7 heteroatoms. The largest absolute Gasteiger partial charge is 0.392 e. The monoisotopic (exact) mass is 298 g/mol. The average Bonchev–Trinajstić information content (AvgIpc) is 2.75. The number of anilines is 1. The Morgan fingerprint density at radius 3 is 3.05 bits per heavy atom. The Hall–Kier alpha value is -1.05. The van der Waals surface area contributed by atoms with Gasteiger partial charge in [-0.3, -0.25) is 15.0 Å². The second-order valence-electron chi connectivity index (χ2n) is 5.68. The minimum atomic E-state index is -0.310. The number of β-amino-alcohol motifs (C(OH)–C–C–N with tert-alkyl or cyclic N) is 1. The summed E-state index contributed by atoms with van der Waals surface area (Å²) in [6.45, 7) is 5.99. The van der Waals surface area contributed by atoms with E-state index in [0.29, 0.717) is 24.1 Å². The zero-order valence-corrected chi connectivity index (χ0v) is 12.8. The summed E-state index contributed by atoms with van der Waals surface area (Å²) < 4.78 is 0.